The third kappa shape index (κ3) is 2.78. The molecule has 21 heavy (non-hydrogen) atoms. The minimum atomic E-state index is -0.683. The van der Waals surface area contributed by atoms with E-state index in [2.05, 4.69) is 0 Å². The minimum absolute atomic E-state index is 0.0528. The van der Waals surface area contributed by atoms with Crippen molar-refractivity contribution in [1.29, 1.82) is 0 Å². The third-order valence-electron chi connectivity index (χ3n) is 2.97. The van der Waals surface area contributed by atoms with Crippen LogP contribution in [0.5, 0.6) is 17.2 Å². The van der Waals surface area contributed by atoms with E-state index in [1.807, 2.05) is 0 Å². The molecule has 0 N–H and O–H groups in total. The van der Waals surface area contributed by atoms with E-state index < -0.39 is 5.82 Å². The summed E-state index contributed by atoms with van der Waals surface area (Å²) in [6.07, 6.45) is 0. The van der Waals surface area contributed by atoms with Gasteiger partial charge in [-0.15, -0.1) is 0 Å². The third-order valence-corrected chi connectivity index (χ3v) is 3.26. The van der Waals surface area contributed by atoms with Gasteiger partial charge in [0.15, 0.2) is 35.5 Å². The maximum atomic E-state index is 13.6. The van der Waals surface area contributed by atoms with Gasteiger partial charge in [-0.1, -0.05) is 17.7 Å². The Morgan fingerprint density at radius 3 is 2.90 bits per heavy atom. The van der Waals surface area contributed by atoms with Crippen LogP contribution in [0.4, 0.5) is 4.39 Å². The molecule has 2 aromatic rings. The van der Waals surface area contributed by atoms with Crippen molar-refractivity contribution < 1.29 is 23.4 Å². The normalized spacial score (nSPS) is 12.3. The van der Waals surface area contributed by atoms with Crippen LogP contribution in [0.25, 0.3) is 0 Å². The summed E-state index contributed by atoms with van der Waals surface area (Å²) in [7, 11) is 0. The van der Waals surface area contributed by atoms with Crippen molar-refractivity contribution in [2.24, 2.45) is 0 Å². The Morgan fingerprint density at radius 2 is 2.05 bits per heavy atom. The number of ketones is 1. The second kappa shape index (κ2) is 5.61. The molecule has 0 bridgehead atoms. The molecular formula is C15H10ClFO4. The van der Waals surface area contributed by atoms with Gasteiger partial charge >= 0.3 is 0 Å². The number of fused-ring (bicyclic) bond motifs is 1. The lowest BCUT2D eigenvalue weighted by molar-refractivity contribution is 0.0918. The molecule has 1 heterocycles. The molecular weight excluding hydrogens is 299 g/mol. The molecule has 0 fully saturated rings. The van der Waals surface area contributed by atoms with Crippen molar-refractivity contribution in [1.82, 2.24) is 0 Å². The molecule has 0 saturated heterocycles. The summed E-state index contributed by atoms with van der Waals surface area (Å²) in [4.78, 5) is 12.0. The van der Waals surface area contributed by atoms with Gasteiger partial charge in [-0.3, -0.25) is 4.79 Å². The van der Waals surface area contributed by atoms with Crippen molar-refractivity contribution >= 4 is 17.4 Å². The van der Waals surface area contributed by atoms with E-state index in [1.54, 1.807) is 24.3 Å². The van der Waals surface area contributed by atoms with Gasteiger partial charge in [0.2, 0.25) is 6.79 Å². The summed E-state index contributed by atoms with van der Waals surface area (Å²) in [5.41, 5.74) is 0.404. The van der Waals surface area contributed by atoms with Gasteiger partial charge in [0.05, 0.1) is 5.02 Å². The second-order valence-corrected chi connectivity index (χ2v) is 4.74. The number of carbonyl (C=O) groups is 1. The first-order valence-corrected chi connectivity index (χ1v) is 6.52. The number of ether oxygens (including phenoxy) is 3. The molecule has 0 spiro atoms. The van der Waals surface area contributed by atoms with E-state index in [1.165, 1.54) is 12.1 Å². The molecule has 6 heteroatoms. The van der Waals surface area contributed by atoms with Crippen molar-refractivity contribution in [3.63, 3.8) is 0 Å². The second-order valence-electron chi connectivity index (χ2n) is 4.33. The van der Waals surface area contributed by atoms with E-state index in [-0.39, 0.29) is 30.0 Å². The van der Waals surface area contributed by atoms with Gasteiger partial charge in [-0.25, -0.2) is 4.39 Å². The van der Waals surface area contributed by atoms with Crippen LogP contribution in [0.2, 0.25) is 5.02 Å². The first kappa shape index (κ1) is 13.7. The quantitative estimate of drug-likeness (QED) is 0.811. The summed E-state index contributed by atoms with van der Waals surface area (Å²) in [5, 5.41) is -0.0528. The van der Waals surface area contributed by atoms with Gasteiger partial charge in [0, 0.05) is 5.56 Å². The van der Waals surface area contributed by atoms with Crippen molar-refractivity contribution in [2.45, 2.75) is 0 Å². The first-order chi connectivity index (χ1) is 10.1. The average molecular weight is 309 g/mol. The molecule has 2 aromatic carbocycles. The molecule has 108 valence electrons. The van der Waals surface area contributed by atoms with Crippen LogP contribution >= 0.6 is 11.6 Å². The van der Waals surface area contributed by atoms with Crippen LogP contribution in [-0.2, 0) is 0 Å². The Balaban J connectivity index is 1.71. The zero-order chi connectivity index (χ0) is 14.8. The van der Waals surface area contributed by atoms with Crippen molar-refractivity contribution in [2.75, 3.05) is 13.4 Å². The maximum absolute atomic E-state index is 13.6. The number of carbonyl (C=O) groups excluding carboxylic acids is 1. The summed E-state index contributed by atoms with van der Waals surface area (Å²) < 4.78 is 29.2. The number of hydrogen-bond donors (Lipinski definition) is 0. The lowest BCUT2D eigenvalue weighted by atomic mass is 10.1. The highest BCUT2D eigenvalue weighted by Crippen LogP contribution is 2.32. The fourth-order valence-corrected chi connectivity index (χ4v) is 2.06. The van der Waals surface area contributed by atoms with Crippen molar-refractivity contribution in [3.05, 3.63) is 52.8 Å². The number of halogens is 2. The fraction of sp³-hybridized carbons (Fsp3) is 0.133. The van der Waals surface area contributed by atoms with Crippen LogP contribution in [0.15, 0.2) is 36.4 Å². The molecule has 0 saturated carbocycles. The minimum Gasteiger partial charge on any atom is -0.482 e. The molecule has 0 amide bonds. The Bertz CT molecular complexity index is 702. The SMILES string of the molecule is O=C(COc1cccc(Cl)c1F)c1ccc2c(c1)OCO2. The summed E-state index contributed by atoms with van der Waals surface area (Å²) >= 11 is 5.64. The van der Waals surface area contributed by atoms with E-state index >= 15 is 0 Å². The summed E-state index contributed by atoms with van der Waals surface area (Å²) in [6, 6.07) is 9.19. The van der Waals surface area contributed by atoms with Gasteiger partial charge < -0.3 is 14.2 Å². The Hall–Kier alpha value is -2.27. The molecule has 3 rings (SSSR count). The van der Waals surface area contributed by atoms with Gasteiger partial charge in [-0.05, 0) is 30.3 Å². The summed E-state index contributed by atoms with van der Waals surface area (Å²) in [6.45, 7) is -0.159. The predicted octanol–water partition coefficient (Wildman–Crippen LogP) is 3.47. The smallest absolute Gasteiger partial charge is 0.231 e. The zero-order valence-electron chi connectivity index (χ0n) is 10.8. The van der Waals surface area contributed by atoms with E-state index in [0.717, 1.165) is 0 Å². The van der Waals surface area contributed by atoms with Crippen LogP contribution in [0, 0.1) is 5.82 Å². The standard InChI is InChI=1S/C15H10ClFO4/c16-10-2-1-3-13(15(10)17)19-7-11(18)9-4-5-12-14(6-9)21-8-20-12/h1-6H,7-8H2. The molecule has 1 aliphatic heterocycles. The molecule has 1 aliphatic rings. The molecule has 0 aromatic heterocycles. The van der Waals surface area contributed by atoms with E-state index in [0.29, 0.717) is 17.1 Å². The number of hydrogen-bond acceptors (Lipinski definition) is 4. The van der Waals surface area contributed by atoms with Crippen molar-refractivity contribution in [3.8, 4) is 17.2 Å². The Kier molecular flexibility index (Phi) is 3.66. The van der Waals surface area contributed by atoms with E-state index in [9.17, 15) is 9.18 Å². The van der Waals surface area contributed by atoms with Gasteiger partial charge in [-0.2, -0.15) is 0 Å². The van der Waals surface area contributed by atoms with Crippen LogP contribution in [-0.4, -0.2) is 19.2 Å². The molecule has 0 unspecified atom stereocenters. The molecule has 4 nitrogen and oxygen atoms in total. The fourth-order valence-electron chi connectivity index (χ4n) is 1.89. The van der Waals surface area contributed by atoms with Gasteiger partial charge in [0.25, 0.3) is 0 Å². The summed E-state index contributed by atoms with van der Waals surface area (Å²) in [5.74, 6) is 0.0602. The molecule has 0 atom stereocenters. The predicted molar refractivity (Wildman–Crippen MR) is 73.8 cm³/mol. The Morgan fingerprint density at radius 1 is 1.24 bits per heavy atom. The zero-order valence-corrected chi connectivity index (χ0v) is 11.5. The van der Waals surface area contributed by atoms with Crippen LogP contribution < -0.4 is 14.2 Å². The largest absolute Gasteiger partial charge is 0.482 e. The lowest BCUT2D eigenvalue weighted by Crippen LogP contribution is -2.12. The van der Waals surface area contributed by atoms with Crippen LogP contribution in [0.3, 0.4) is 0 Å². The highest BCUT2D eigenvalue weighted by Gasteiger charge is 2.17. The monoisotopic (exact) mass is 308 g/mol. The van der Waals surface area contributed by atoms with Crippen LogP contribution in [0.1, 0.15) is 10.4 Å². The molecule has 0 radical (unpaired) electrons. The molecule has 0 aliphatic carbocycles. The van der Waals surface area contributed by atoms with Gasteiger partial charge in [0.1, 0.15) is 0 Å². The Labute approximate surface area is 125 Å². The number of rotatable bonds is 4. The first-order valence-electron chi connectivity index (χ1n) is 6.15. The lowest BCUT2D eigenvalue weighted by Gasteiger charge is -2.07. The number of benzene rings is 2. The highest BCUT2D eigenvalue weighted by molar-refractivity contribution is 6.30. The topological polar surface area (TPSA) is 44.8 Å². The number of Topliss-reactive ketones (excluding diaryl/α,β-unsaturated/α-hetero) is 1. The highest BCUT2D eigenvalue weighted by atomic mass is 35.5. The van der Waals surface area contributed by atoms with E-state index in [4.69, 9.17) is 25.8 Å². The average Bonchev–Trinajstić information content (AvgIpc) is 2.96. The maximum Gasteiger partial charge on any atom is 0.231 e.